The second kappa shape index (κ2) is 9.50. The van der Waals surface area contributed by atoms with Gasteiger partial charge in [0.05, 0.1) is 12.7 Å². The molecule has 1 amide bonds. The summed E-state index contributed by atoms with van der Waals surface area (Å²) < 4.78 is 5.41. The highest BCUT2D eigenvalue weighted by Crippen LogP contribution is 2.15. The molecule has 0 spiro atoms. The van der Waals surface area contributed by atoms with Gasteiger partial charge in [0.2, 0.25) is 5.91 Å². The molecule has 0 heterocycles. The highest BCUT2D eigenvalue weighted by atomic mass is 16.5. The Labute approximate surface area is 126 Å². The number of benzene rings is 1. The summed E-state index contributed by atoms with van der Waals surface area (Å²) in [4.78, 5) is 11.8. The lowest BCUT2D eigenvalue weighted by atomic mass is 9.93. The molecule has 118 valence electrons. The molecule has 2 atom stereocenters. The van der Waals surface area contributed by atoms with Crippen LogP contribution in [0.1, 0.15) is 25.8 Å². The number of carbonyl (C=O) groups is 1. The fourth-order valence-corrected chi connectivity index (χ4v) is 2.14. The monoisotopic (exact) mass is 294 g/mol. The lowest BCUT2D eigenvalue weighted by molar-refractivity contribution is -0.126. The predicted octanol–water partition coefficient (Wildman–Crippen LogP) is 1.26. The van der Waals surface area contributed by atoms with Crippen molar-refractivity contribution in [2.24, 2.45) is 17.7 Å². The predicted molar refractivity (Wildman–Crippen MR) is 82.2 cm³/mol. The molecule has 0 radical (unpaired) electrons. The molecule has 0 bridgehead atoms. The van der Waals surface area contributed by atoms with Crippen molar-refractivity contribution in [3.05, 3.63) is 35.9 Å². The summed E-state index contributed by atoms with van der Waals surface area (Å²) in [6.07, 6.45) is 0.205. The van der Waals surface area contributed by atoms with E-state index in [1.165, 1.54) is 0 Å². The van der Waals surface area contributed by atoms with Gasteiger partial charge in [-0.25, -0.2) is 5.84 Å². The maximum absolute atomic E-state index is 11.8. The maximum atomic E-state index is 11.8. The maximum Gasteiger partial charge on any atom is 0.237 e. The molecule has 0 aliphatic heterocycles. The van der Waals surface area contributed by atoms with E-state index >= 15 is 0 Å². The second-order valence-electron chi connectivity index (χ2n) is 5.72. The van der Waals surface area contributed by atoms with Gasteiger partial charge in [-0.2, -0.15) is 0 Å². The number of hydrazine groups is 1. The van der Waals surface area contributed by atoms with E-state index in [4.69, 9.17) is 10.6 Å². The molecule has 1 aromatic carbocycles. The van der Waals surface area contributed by atoms with Crippen molar-refractivity contribution in [1.82, 2.24) is 5.43 Å². The SMILES string of the molecule is CC(C)COC[C@@H](O)C[C@H](Cc1ccccc1)C(=O)NN. The fourth-order valence-electron chi connectivity index (χ4n) is 2.14. The van der Waals surface area contributed by atoms with Gasteiger partial charge in [0.25, 0.3) is 0 Å². The zero-order valence-electron chi connectivity index (χ0n) is 12.8. The molecule has 5 nitrogen and oxygen atoms in total. The molecule has 0 fully saturated rings. The standard InChI is InChI=1S/C16H26N2O3/c1-12(2)10-21-11-15(19)9-14(16(20)18-17)8-13-6-4-3-5-7-13/h3-7,12,14-15,19H,8-11,17H2,1-2H3,(H,18,20)/t14-,15-/m0/s1. The van der Waals surface area contributed by atoms with Gasteiger partial charge >= 0.3 is 0 Å². The van der Waals surface area contributed by atoms with E-state index in [0.29, 0.717) is 25.4 Å². The molecule has 1 rings (SSSR count). The van der Waals surface area contributed by atoms with Crippen molar-refractivity contribution in [2.45, 2.75) is 32.8 Å². The Kier molecular flexibility index (Phi) is 7.97. The fraction of sp³-hybridized carbons (Fsp3) is 0.562. The number of rotatable bonds is 9. The van der Waals surface area contributed by atoms with Crippen LogP contribution in [0.5, 0.6) is 0 Å². The van der Waals surface area contributed by atoms with Gasteiger partial charge in [-0.1, -0.05) is 44.2 Å². The van der Waals surface area contributed by atoms with Crippen LogP contribution in [0.15, 0.2) is 30.3 Å². The normalized spacial score (nSPS) is 14.0. The van der Waals surface area contributed by atoms with Gasteiger partial charge < -0.3 is 9.84 Å². The minimum absolute atomic E-state index is 0.237. The van der Waals surface area contributed by atoms with Gasteiger partial charge in [0.15, 0.2) is 0 Å². The number of amides is 1. The topological polar surface area (TPSA) is 84.6 Å². The quantitative estimate of drug-likeness (QED) is 0.364. The average Bonchev–Trinajstić information content (AvgIpc) is 2.46. The van der Waals surface area contributed by atoms with Crippen molar-refractivity contribution in [3.8, 4) is 0 Å². The zero-order chi connectivity index (χ0) is 15.7. The molecule has 4 N–H and O–H groups in total. The molecule has 0 aliphatic rings. The van der Waals surface area contributed by atoms with E-state index < -0.39 is 6.10 Å². The van der Waals surface area contributed by atoms with Gasteiger partial charge in [-0.3, -0.25) is 10.2 Å². The largest absolute Gasteiger partial charge is 0.391 e. The Bertz CT molecular complexity index is 409. The molecule has 0 unspecified atom stereocenters. The summed E-state index contributed by atoms with van der Waals surface area (Å²) in [7, 11) is 0. The second-order valence-corrected chi connectivity index (χ2v) is 5.72. The van der Waals surface area contributed by atoms with Crippen molar-refractivity contribution in [2.75, 3.05) is 13.2 Å². The third-order valence-electron chi connectivity index (χ3n) is 3.16. The number of hydrogen-bond acceptors (Lipinski definition) is 4. The summed E-state index contributed by atoms with van der Waals surface area (Å²) >= 11 is 0. The Morgan fingerprint density at radius 2 is 1.95 bits per heavy atom. The van der Waals surface area contributed by atoms with Crippen LogP contribution >= 0.6 is 0 Å². The van der Waals surface area contributed by atoms with Gasteiger partial charge in [-0.05, 0) is 24.3 Å². The van der Waals surface area contributed by atoms with E-state index in [9.17, 15) is 9.90 Å². The number of aliphatic hydroxyl groups is 1. The first kappa shape index (κ1) is 17.6. The lowest BCUT2D eigenvalue weighted by Crippen LogP contribution is -2.39. The molecule has 21 heavy (non-hydrogen) atoms. The molecule has 0 saturated heterocycles. The molecule has 0 aliphatic carbocycles. The number of hydrogen-bond donors (Lipinski definition) is 3. The summed E-state index contributed by atoms with van der Waals surface area (Å²) in [6.45, 7) is 4.93. The number of nitrogens with two attached hydrogens (primary N) is 1. The van der Waals surface area contributed by atoms with Crippen LogP contribution in [-0.4, -0.2) is 30.3 Å². The molecular weight excluding hydrogens is 268 g/mol. The lowest BCUT2D eigenvalue weighted by Gasteiger charge is -2.19. The van der Waals surface area contributed by atoms with E-state index in [1.807, 2.05) is 44.2 Å². The zero-order valence-corrected chi connectivity index (χ0v) is 12.8. The number of carbonyl (C=O) groups excluding carboxylic acids is 1. The molecular formula is C16H26N2O3. The van der Waals surface area contributed by atoms with Crippen LogP contribution < -0.4 is 11.3 Å². The number of ether oxygens (including phenoxy) is 1. The van der Waals surface area contributed by atoms with Crippen LogP contribution in [-0.2, 0) is 16.0 Å². The molecule has 0 aromatic heterocycles. The van der Waals surface area contributed by atoms with Crippen molar-refractivity contribution in [3.63, 3.8) is 0 Å². The average molecular weight is 294 g/mol. The van der Waals surface area contributed by atoms with Gasteiger partial charge in [0.1, 0.15) is 0 Å². The Hall–Kier alpha value is -1.43. The van der Waals surface area contributed by atoms with Gasteiger partial charge in [-0.15, -0.1) is 0 Å². The summed E-state index contributed by atoms with van der Waals surface area (Å²) in [5.74, 6) is 5.02. The molecule has 0 saturated carbocycles. The van der Waals surface area contributed by atoms with E-state index in [2.05, 4.69) is 5.43 Å². The van der Waals surface area contributed by atoms with Crippen LogP contribution in [0.25, 0.3) is 0 Å². The highest BCUT2D eigenvalue weighted by Gasteiger charge is 2.22. The minimum Gasteiger partial charge on any atom is -0.391 e. The minimum atomic E-state index is -0.672. The molecule has 5 heteroatoms. The highest BCUT2D eigenvalue weighted by molar-refractivity contribution is 5.78. The Morgan fingerprint density at radius 3 is 2.52 bits per heavy atom. The Balaban J connectivity index is 2.52. The van der Waals surface area contributed by atoms with Crippen LogP contribution in [0.3, 0.4) is 0 Å². The van der Waals surface area contributed by atoms with E-state index in [0.717, 1.165) is 5.56 Å². The Morgan fingerprint density at radius 1 is 1.29 bits per heavy atom. The van der Waals surface area contributed by atoms with Crippen molar-refractivity contribution in [1.29, 1.82) is 0 Å². The summed E-state index contributed by atoms with van der Waals surface area (Å²) in [5, 5.41) is 10.0. The van der Waals surface area contributed by atoms with Crippen molar-refractivity contribution >= 4 is 5.91 Å². The van der Waals surface area contributed by atoms with E-state index in [-0.39, 0.29) is 18.4 Å². The smallest absolute Gasteiger partial charge is 0.237 e. The van der Waals surface area contributed by atoms with Crippen LogP contribution in [0.2, 0.25) is 0 Å². The van der Waals surface area contributed by atoms with E-state index in [1.54, 1.807) is 0 Å². The number of aliphatic hydroxyl groups excluding tert-OH is 1. The van der Waals surface area contributed by atoms with Gasteiger partial charge in [0, 0.05) is 12.5 Å². The third-order valence-corrected chi connectivity index (χ3v) is 3.16. The summed E-state index contributed by atoms with van der Waals surface area (Å²) in [6, 6.07) is 9.69. The molecule has 1 aromatic rings. The first-order chi connectivity index (χ1) is 10.0. The van der Waals surface area contributed by atoms with Crippen LogP contribution in [0, 0.1) is 11.8 Å². The first-order valence-electron chi connectivity index (χ1n) is 7.33. The van der Waals surface area contributed by atoms with Crippen molar-refractivity contribution < 1.29 is 14.6 Å². The third kappa shape index (κ3) is 7.22. The summed E-state index contributed by atoms with van der Waals surface area (Å²) in [5.41, 5.74) is 3.22. The van der Waals surface area contributed by atoms with Crippen LogP contribution in [0.4, 0.5) is 0 Å². The first-order valence-corrected chi connectivity index (χ1v) is 7.33. The number of nitrogens with one attached hydrogen (secondary N) is 1.